The van der Waals surface area contributed by atoms with E-state index in [1.807, 2.05) is 0 Å². The van der Waals surface area contributed by atoms with Crippen LogP contribution < -0.4 is 0 Å². The van der Waals surface area contributed by atoms with Crippen molar-refractivity contribution in [1.82, 2.24) is 0 Å². The van der Waals surface area contributed by atoms with Gasteiger partial charge < -0.3 is 27.4 Å². The van der Waals surface area contributed by atoms with Crippen LogP contribution >= 0.6 is 0 Å². The zero-order valence-electron chi connectivity index (χ0n) is 3.75. The molecule has 0 unspecified atom stereocenters. The maximum atomic E-state index is 0. The van der Waals surface area contributed by atoms with Gasteiger partial charge in [0.15, 0.2) is 0 Å². The molecule has 9 heteroatoms. The van der Waals surface area contributed by atoms with Crippen LogP contribution in [-0.4, -0.2) is 0 Å². The first kappa shape index (κ1) is 269. The van der Waals surface area contributed by atoms with Gasteiger partial charge in [0.2, 0.25) is 0 Å². The Kier molecular flexibility index (Phi) is 5910. The van der Waals surface area contributed by atoms with E-state index in [0.29, 0.717) is 0 Å². The minimum atomic E-state index is 0. The summed E-state index contributed by atoms with van der Waals surface area (Å²) in [5, 5.41) is 0. The van der Waals surface area contributed by atoms with Gasteiger partial charge in [-0.05, 0) is 0 Å². The van der Waals surface area contributed by atoms with Crippen molar-refractivity contribution in [3.8, 4) is 0 Å². The first-order chi connectivity index (χ1) is 0. The molecule has 0 aromatic carbocycles. The molecule has 0 heterocycles. The average molecular weight is 286 g/mol. The molecule has 0 radical (unpaired) electrons. The van der Waals surface area contributed by atoms with Gasteiger partial charge in [-0.2, -0.15) is 0 Å². The topological polar surface area (TPSA) is 142 Å². The molecular weight excluding hydrogens is 286 g/mol. The molecule has 0 amide bonds. The normalized spacial score (nSPS) is 0. The Bertz CT molecular complexity index is 12.9. The van der Waals surface area contributed by atoms with Crippen LogP contribution in [0.5, 0.6) is 0 Å². The van der Waals surface area contributed by atoms with Crippen molar-refractivity contribution in [1.29, 1.82) is 0 Å². The van der Waals surface area contributed by atoms with Crippen molar-refractivity contribution in [2.45, 2.75) is 0 Å². The van der Waals surface area contributed by atoms with E-state index < -0.39 is 0 Å². The molecule has 0 aliphatic rings. The zero-order chi connectivity index (χ0) is 0. The van der Waals surface area contributed by atoms with Crippen LogP contribution in [-0.2, 0) is 99.2 Å². The van der Waals surface area contributed by atoms with E-state index in [1.54, 1.807) is 0 Å². The number of hydrogen-bond donors (Lipinski definition) is 0. The van der Waals surface area contributed by atoms with E-state index >= 15 is 0 Å². The van der Waals surface area contributed by atoms with Gasteiger partial charge in [-0.25, -0.2) is 0 Å². The van der Waals surface area contributed by atoms with Gasteiger partial charge in [-0.1, -0.05) is 0 Å². The first-order valence-corrected chi connectivity index (χ1v) is 0. The third kappa shape index (κ3) is 157. The standard InChI is InChI=1S/2Cr.5O.2V/q;;5*-2;2*+5. The molecule has 0 saturated carbocycles. The Balaban J connectivity index is 0. The maximum Gasteiger partial charge on any atom is 5.00 e. The van der Waals surface area contributed by atoms with Crippen LogP contribution in [0.25, 0.3) is 0 Å². The molecule has 0 saturated heterocycles. The SMILES string of the molecule is [Cr].[Cr].[O-2].[O-2].[O-2].[O-2].[O-2].[V+5].[V+5]. The molecule has 0 atom stereocenters. The molecule has 0 aromatic heterocycles. The van der Waals surface area contributed by atoms with Gasteiger partial charge in [0.25, 0.3) is 0 Å². The molecule has 0 aliphatic carbocycles. The molecule has 0 spiro atoms. The van der Waals surface area contributed by atoms with Gasteiger partial charge in [0, 0.05) is 34.7 Å². The van der Waals surface area contributed by atoms with Gasteiger partial charge >= 0.3 is 37.1 Å². The molecule has 0 aromatic rings. The summed E-state index contributed by atoms with van der Waals surface area (Å²) in [5.74, 6) is 0. The van der Waals surface area contributed by atoms with Gasteiger partial charge in [-0.3, -0.25) is 0 Å². The first-order valence-electron chi connectivity index (χ1n) is 0. The van der Waals surface area contributed by atoms with Gasteiger partial charge in [-0.15, -0.1) is 0 Å². The maximum absolute atomic E-state index is 0. The van der Waals surface area contributed by atoms with Gasteiger partial charge in [0.1, 0.15) is 0 Å². The second kappa shape index (κ2) is 198. The monoisotopic (exact) mass is 286 g/mol. The van der Waals surface area contributed by atoms with E-state index in [4.69, 9.17) is 0 Å². The Hall–Kier alpha value is 2.03. The largest absolute Gasteiger partial charge is 5.00 e. The van der Waals surface area contributed by atoms with Crippen LogP contribution in [0.4, 0.5) is 0 Å². The van der Waals surface area contributed by atoms with E-state index in [9.17, 15) is 0 Å². The Morgan fingerprint density at radius 2 is 0.333 bits per heavy atom. The Labute approximate surface area is 98.5 Å². The molecule has 5 nitrogen and oxygen atoms in total. The van der Waals surface area contributed by atoms with E-state index in [2.05, 4.69) is 0 Å². The Morgan fingerprint density at radius 3 is 0.333 bits per heavy atom. The summed E-state index contributed by atoms with van der Waals surface area (Å²) in [4.78, 5) is 0. The second-order valence-electron chi connectivity index (χ2n) is 0. The summed E-state index contributed by atoms with van der Waals surface area (Å²) in [6.45, 7) is 0. The number of rotatable bonds is 0. The summed E-state index contributed by atoms with van der Waals surface area (Å²) < 4.78 is 0. The quantitative estimate of drug-likeness (QED) is 0.560. The molecule has 0 aliphatic heterocycles. The second-order valence-corrected chi connectivity index (χ2v) is 0. The van der Waals surface area contributed by atoms with Crippen molar-refractivity contribution < 1.29 is 99.2 Å². The van der Waals surface area contributed by atoms with Crippen LogP contribution in [0.1, 0.15) is 0 Å². The minimum absolute atomic E-state index is 0. The van der Waals surface area contributed by atoms with E-state index in [1.165, 1.54) is 0 Å². The molecule has 0 N–H and O–H groups in total. The molecule has 9 heavy (non-hydrogen) atoms. The molecule has 52 valence electrons. The minimum Gasteiger partial charge on any atom is -2.00 e. The third-order valence-corrected chi connectivity index (χ3v) is 0. The Morgan fingerprint density at radius 1 is 0.333 bits per heavy atom. The molecule has 0 rings (SSSR count). The van der Waals surface area contributed by atoms with Crippen LogP contribution in [0.2, 0.25) is 0 Å². The van der Waals surface area contributed by atoms with Crippen molar-refractivity contribution in [3.05, 3.63) is 0 Å². The zero-order valence-corrected chi connectivity index (χ0v) is 9.10. The van der Waals surface area contributed by atoms with Crippen molar-refractivity contribution >= 4 is 0 Å². The summed E-state index contributed by atoms with van der Waals surface area (Å²) in [6.07, 6.45) is 0. The van der Waals surface area contributed by atoms with Crippen molar-refractivity contribution in [2.75, 3.05) is 0 Å². The summed E-state index contributed by atoms with van der Waals surface area (Å²) in [6, 6.07) is 0. The van der Waals surface area contributed by atoms with E-state index in [0.717, 1.165) is 0 Å². The third-order valence-electron chi connectivity index (χ3n) is 0. The van der Waals surface area contributed by atoms with Crippen LogP contribution in [0, 0.1) is 0 Å². The predicted octanol–water partition coefficient (Wildman–Crippen LogP) is -0.604. The molecule has 0 bridgehead atoms. The fourth-order valence-electron chi connectivity index (χ4n) is 0. The van der Waals surface area contributed by atoms with Crippen LogP contribution in [0.3, 0.4) is 0 Å². The molecule has 0 fully saturated rings. The van der Waals surface area contributed by atoms with Crippen molar-refractivity contribution in [3.63, 3.8) is 0 Å². The smallest absolute Gasteiger partial charge is 2.00 e. The van der Waals surface area contributed by atoms with Crippen LogP contribution in [0.15, 0.2) is 0 Å². The summed E-state index contributed by atoms with van der Waals surface area (Å²) in [7, 11) is 0. The summed E-state index contributed by atoms with van der Waals surface area (Å²) >= 11 is 0. The average Bonchev–Trinajstić information content (AvgIpc) is 0. The number of hydrogen-bond acceptors (Lipinski definition) is 0. The summed E-state index contributed by atoms with van der Waals surface area (Å²) in [5.41, 5.74) is 0. The van der Waals surface area contributed by atoms with Gasteiger partial charge in [0.05, 0.1) is 0 Å². The van der Waals surface area contributed by atoms with E-state index in [-0.39, 0.29) is 99.2 Å². The predicted molar refractivity (Wildman–Crippen MR) is 3.43 cm³/mol. The van der Waals surface area contributed by atoms with Crippen molar-refractivity contribution in [2.24, 2.45) is 0 Å². The fraction of sp³-hybridized carbons (Fsp3) is 0. The fourth-order valence-corrected chi connectivity index (χ4v) is 0. The molecular formula is Cr2O5V2.